The summed E-state index contributed by atoms with van der Waals surface area (Å²) < 4.78 is 0. The molecule has 1 nitrogen and oxygen atoms in total. The summed E-state index contributed by atoms with van der Waals surface area (Å²) in [6.45, 7) is 10.4. The molecule has 17 heavy (non-hydrogen) atoms. The average molecular weight is 274 g/mol. The van der Waals surface area contributed by atoms with E-state index in [1.54, 1.807) is 0 Å². The van der Waals surface area contributed by atoms with Crippen molar-refractivity contribution in [1.82, 2.24) is 0 Å². The highest BCUT2D eigenvalue weighted by molar-refractivity contribution is 6.44. The predicted octanol–water partition coefficient (Wildman–Crippen LogP) is 4.29. The van der Waals surface area contributed by atoms with Crippen LogP contribution in [0.2, 0.25) is 0 Å². The molecule has 0 fully saturated rings. The molecular formula is C14H21Cl2N. The molecule has 0 aliphatic carbocycles. The largest absolute Gasteiger partial charge is 0.328 e. The summed E-state index contributed by atoms with van der Waals surface area (Å²) in [5, 5.41) is 0. The van der Waals surface area contributed by atoms with E-state index in [9.17, 15) is 0 Å². The van der Waals surface area contributed by atoms with Crippen molar-refractivity contribution >= 4 is 23.2 Å². The lowest BCUT2D eigenvalue weighted by Gasteiger charge is -2.22. The standard InChI is InChI=1S/C14H21Cl2N/c1-7(17)6-12-8(2)10(4)13(14(15)16)11(5)9(12)3/h7,14H,6,17H2,1-5H3. The summed E-state index contributed by atoms with van der Waals surface area (Å²) in [6, 6.07) is 0.167. The van der Waals surface area contributed by atoms with Gasteiger partial charge in [0.2, 0.25) is 0 Å². The van der Waals surface area contributed by atoms with Gasteiger partial charge in [-0.1, -0.05) is 0 Å². The summed E-state index contributed by atoms with van der Waals surface area (Å²) in [6.07, 6.45) is 0.898. The molecule has 0 aliphatic heterocycles. The van der Waals surface area contributed by atoms with Gasteiger partial charge in [0, 0.05) is 6.04 Å². The lowest BCUT2D eigenvalue weighted by molar-refractivity contribution is 0.729. The quantitative estimate of drug-likeness (QED) is 0.818. The second-order valence-corrected chi connectivity index (χ2v) is 5.97. The second-order valence-electron chi connectivity index (χ2n) is 4.87. The zero-order chi connectivity index (χ0) is 13.3. The van der Waals surface area contributed by atoms with E-state index < -0.39 is 4.84 Å². The van der Waals surface area contributed by atoms with Gasteiger partial charge in [-0.05, 0) is 74.4 Å². The van der Waals surface area contributed by atoms with E-state index in [4.69, 9.17) is 28.9 Å². The summed E-state index contributed by atoms with van der Waals surface area (Å²) in [5.41, 5.74) is 13.2. The smallest absolute Gasteiger partial charge is 0.133 e. The van der Waals surface area contributed by atoms with Crippen LogP contribution in [-0.2, 0) is 6.42 Å². The van der Waals surface area contributed by atoms with E-state index in [2.05, 4.69) is 27.7 Å². The molecule has 0 saturated heterocycles. The van der Waals surface area contributed by atoms with Gasteiger partial charge in [-0.25, -0.2) is 0 Å². The Balaban J connectivity index is 3.47. The minimum Gasteiger partial charge on any atom is -0.328 e. The highest BCUT2D eigenvalue weighted by atomic mass is 35.5. The molecule has 3 heteroatoms. The molecule has 0 heterocycles. The Morgan fingerprint density at radius 3 is 1.65 bits per heavy atom. The van der Waals surface area contributed by atoms with Crippen LogP contribution in [0.25, 0.3) is 0 Å². The highest BCUT2D eigenvalue weighted by Crippen LogP contribution is 2.36. The minimum atomic E-state index is -0.461. The third kappa shape index (κ3) is 2.96. The maximum absolute atomic E-state index is 6.06. The molecule has 1 atom stereocenters. The Labute approximate surface area is 114 Å². The van der Waals surface area contributed by atoms with Crippen molar-refractivity contribution in [2.24, 2.45) is 5.73 Å². The third-order valence-corrected chi connectivity index (χ3v) is 4.02. The Hall–Kier alpha value is -0.240. The predicted molar refractivity (Wildman–Crippen MR) is 77.2 cm³/mol. The topological polar surface area (TPSA) is 26.0 Å². The van der Waals surface area contributed by atoms with Gasteiger partial charge in [-0.3, -0.25) is 0 Å². The van der Waals surface area contributed by atoms with Crippen LogP contribution in [0, 0.1) is 27.7 Å². The maximum Gasteiger partial charge on any atom is 0.133 e. The fourth-order valence-corrected chi connectivity index (χ4v) is 3.03. The molecule has 0 spiro atoms. The molecule has 2 N–H and O–H groups in total. The van der Waals surface area contributed by atoms with Crippen molar-refractivity contribution in [3.8, 4) is 0 Å². The first-order chi connectivity index (χ1) is 7.77. The van der Waals surface area contributed by atoms with Crippen molar-refractivity contribution in [2.75, 3.05) is 0 Å². The summed E-state index contributed by atoms with van der Waals surface area (Å²) in [5.74, 6) is 0. The maximum atomic E-state index is 6.06. The van der Waals surface area contributed by atoms with Crippen LogP contribution in [0.1, 0.15) is 45.1 Å². The molecule has 1 unspecified atom stereocenters. The van der Waals surface area contributed by atoms with Gasteiger partial charge in [-0.2, -0.15) is 0 Å². The number of benzene rings is 1. The van der Waals surface area contributed by atoms with Crippen LogP contribution in [0.15, 0.2) is 0 Å². The first-order valence-electron chi connectivity index (χ1n) is 5.90. The fraction of sp³-hybridized carbons (Fsp3) is 0.571. The molecule has 1 rings (SSSR count). The van der Waals surface area contributed by atoms with Crippen LogP contribution in [0.4, 0.5) is 0 Å². The Morgan fingerprint density at radius 1 is 0.941 bits per heavy atom. The average Bonchev–Trinajstić information content (AvgIpc) is 2.21. The number of hydrogen-bond donors (Lipinski definition) is 1. The molecule has 0 bridgehead atoms. The van der Waals surface area contributed by atoms with Crippen LogP contribution in [0.3, 0.4) is 0 Å². The monoisotopic (exact) mass is 273 g/mol. The van der Waals surface area contributed by atoms with Gasteiger partial charge in [0.1, 0.15) is 4.84 Å². The number of hydrogen-bond acceptors (Lipinski definition) is 1. The lowest BCUT2D eigenvalue weighted by atomic mass is 9.87. The van der Waals surface area contributed by atoms with E-state index in [0.717, 1.165) is 12.0 Å². The lowest BCUT2D eigenvalue weighted by Crippen LogP contribution is -2.20. The van der Waals surface area contributed by atoms with Gasteiger partial charge >= 0.3 is 0 Å². The molecule has 0 aromatic heterocycles. The summed E-state index contributed by atoms with van der Waals surface area (Å²) >= 11 is 12.1. The molecule has 1 aromatic rings. The van der Waals surface area contributed by atoms with E-state index in [-0.39, 0.29) is 6.04 Å². The zero-order valence-corrected chi connectivity index (χ0v) is 12.7. The van der Waals surface area contributed by atoms with Gasteiger partial charge in [-0.15, -0.1) is 23.2 Å². The van der Waals surface area contributed by atoms with Crippen molar-refractivity contribution < 1.29 is 0 Å². The molecule has 0 radical (unpaired) electrons. The van der Waals surface area contributed by atoms with Crippen LogP contribution >= 0.6 is 23.2 Å². The number of rotatable bonds is 3. The normalized spacial score (nSPS) is 13.2. The first kappa shape index (κ1) is 14.8. The second kappa shape index (κ2) is 5.60. The third-order valence-electron chi connectivity index (χ3n) is 3.58. The highest BCUT2D eigenvalue weighted by Gasteiger charge is 2.18. The minimum absolute atomic E-state index is 0.167. The Bertz CT molecular complexity index is 394. The number of halogens is 2. The Morgan fingerprint density at radius 2 is 1.35 bits per heavy atom. The molecule has 96 valence electrons. The van der Waals surface area contributed by atoms with Crippen LogP contribution < -0.4 is 5.73 Å². The van der Waals surface area contributed by atoms with Gasteiger partial charge in [0.15, 0.2) is 0 Å². The van der Waals surface area contributed by atoms with Crippen molar-refractivity contribution in [1.29, 1.82) is 0 Å². The van der Waals surface area contributed by atoms with Gasteiger partial charge in [0.25, 0.3) is 0 Å². The Kier molecular flexibility index (Phi) is 4.88. The molecule has 0 aliphatic rings. The molecule has 1 aromatic carbocycles. The van der Waals surface area contributed by atoms with E-state index in [1.807, 2.05) is 6.92 Å². The van der Waals surface area contributed by atoms with Gasteiger partial charge in [0.05, 0.1) is 0 Å². The molecule has 0 saturated carbocycles. The van der Waals surface area contributed by atoms with Gasteiger partial charge < -0.3 is 5.73 Å². The summed E-state index contributed by atoms with van der Waals surface area (Å²) in [4.78, 5) is -0.461. The van der Waals surface area contributed by atoms with Crippen molar-refractivity contribution in [3.05, 3.63) is 33.4 Å². The first-order valence-corrected chi connectivity index (χ1v) is 6.77. The number of nitrogens with two attached hydrogens (primary N) is 1. The van der Waals surface area contributed by atoms with E-state index >= 15 is 0 Å². The number of alkyl halides is 2. The SMILES string of the molecule is Cc1c(C)c(C(Cl)Cl)c(C)c(C)c1CC(C)N. The summed E-state index contributed by atoms with van der Waals surface area (Å²) in [7, 11) is 0. The zero-order valence-electron chi connectivity index (χ0n) is 11.2. The molecule has 0 amide bonds. The fourth-order valence-electron chi connectivity index (χ4n) is 2.37. The molecular weight excluding hydrogens is 253 g/mol. The van der Waals surface area contributed by atoms with E-state index in [1.165, 1.54) is 27.8 Å². The van der Waals surface area contributed by atoms with Crippen LogP contribution in [0.5, 0.6) is 0 Å². The van der Waals surface area contributed by atoms with E-state index in [0.29, 0.717) is 0 Å². The van der Waals surface area contributed by atoms with Crippen molar-refractivity contribution in [3.63, 3.8) is 0 Å². The van der Waals surface area contributed by atoms with Crippen molar-refractivity contribution in [2.45, 2.75) is 51.9 Å². The van der Waals surface area contributed by atoms with Crippen LogP contribution in [-0.4, -0.2) is 6.04 Å².